The molecule has 2 aromatic heterocycles. The molecule has 0 unspecified atom stereocenters. The number of aromatic nitrogens is 3. The molecule has 5 nitrogen and oxygen atoms in total. The molecule has 0 atom stereocenters. The Hall–Kier alpha value is -2.04. The van der Waals surface area contributed by atoms with Crippen LogP contribution in [0.4, 0.5) is 0 Å². The van der Waals surface area contributed by atoms with Crippen molar-refractivity contribution < 1.29 is 4.79 Å². The third kappa shape index (κ3) is 3.57. The number of hydrogen-bond donors (Lipinski definition) is 1. The topological polar surface area (TPSA) is 51.9 Å². The van der Waals surface area contributed by atoms with Crippen molar-refractivity contribution in [3.63, 3.8) is 0 Å². The van der Waals surface area contributed by atoms with Gasteiger partial charge in [-0.05, 0) is 58.6 Å². The second-order valence-electron chi connectivity index (χ2n) is 7.73. The maximum absolute atomic E-state index is 12.7. The number of nitrogens with zero attached hydrogens (tertiary/aromatic N) is 3. The monoisotopic (exact) mass is 356 g/mol. The Morgan fingerprint density at radius 3 is 2.46 bits per heavy atom. The Morgan fingerprint density at radius 1 is 1.15 bits per heavy atom. The number of nitrogens with one attached hydrogen (secondary N) is 1. The highest BCUT2D eigenvalue weighted by atomic mass is 16.1. The van der Waals surface area contributed by atoms with E-state index in [-0.39, 0.29) is 5.91 Å². The lowest BCUT2D eigenvalue weighted by atomic mass is 9.95. The van der Waals surface area contributed by atoms with Crippen LogP contribution in [0.1, 0.15) is 76.8 Å². The second-order valence-corrected chi connectivity index (χ2v) is 7.73. The standard InChI is InChI=1S/C21H32N4O/c1-14-13-20(17(4)25(14)18-9-7-6-8-10-18)21(26)22-12-11-19-15(2)23-24(5)16(19)3/h13,18H,6-12H2,1-5H3,(H,22,26). The molecule has 1 amide bonds. The van der Waals surface area contributed by atoms with Gasteiger partial charge in [-0.3, -0.25) is 9.48 Å². The Labute approximate surface area is 156 Å². The quantitative estimate of drug-likeness (QED) is 0.882. The van der Waals surface area contributed by atoms with Gasteiger partial charge in [-0.25, -0.2) is 0 Å². The summed E-state index contributed by atoms with van der Waals surface area (Å²) in [6.07, 6.45) is 7.23. The lowest BCUT2D eigenvalue weighted by molar-refractivity contribution is 0.0953. The summed E-state index contributed by atoms with van der Waals surface area (Å²) in [5.74, 6) is 0.0411. The SMILES string of the molecule is Cc1nn(C)c(C)c1CCNC(=O)c1cc(C)n(C2CCCCC2)c1C. The van der Waals surface area contributed by atoms with Crippen molar-refractivity contribution in [1.82, 2.24) is 19.7 Å². The van der Waals surface area contributed by atoms with Gasteiger partial charge in [0.05, 0.1) is 11.3 Å². The fourth-order valence-corrected chi connectivity index (χ4v) is 4.48. The Balaban J connectivity index is 1.66. The molecule has 0 aliphatic heterocycles. The fourth-order valence-electron chi connectivity index (χ4n) is 4.48. The van der Waals surface area contributed by atoms with Crippen LogP contribution in [0, 0.1) is 27.7 Å². The number of hydrogen-bond acceptors (Lipinski definition) is 2. The van der Waals surface area contributed by atoms with Gasteiger partial charge in [-0.15, -0.1) is 0 Å². The molecule has 2 heterocycles. The predicted molar refractivity (Wildman–Crippen MR) is 105 cm³/mol. The molecule has 2 aromatic rings. The summed E-state index contributed by atoms with van der Waals surface area (Å²) < 4.78 is 4.30. The first kappa shape index (κ1) is 18.7. The van der Waals surface area contributed by atoms with E-state index in [9.17, 15) is 4.79 Å². The van der Waals surface area contributed by atoms with Gasteiger partial charge in [-0.2, -0.15) is 5.10 Å². The first-order chi connectivity index (χ1) is 12.4. The van der Waals surface area contributed by atoms with E-state index in [1.54, 1.807) is 0 Å². The summed E-state index contributed by atoms with van der Waals surface area (Å²) in [5.41, 5.74) is 6.61. The maximum atomic E-state index is 12.7. The summed E-state index contributed by atoms with van der Waals surface area (Å²) in [6, 6.07) is 2.62. The molecular formula is C21H32N4O. The van der Waals surface area contributed by atoms with E-state index in [1.165, 1.54) is 49.1 Å². The lowest BCUT2D eigenvalue weighted by Gasteiger charge is -2.26. The lowest BCUT2D eigenvalue weighted by Crippen LogP contribution is -2.26. The molecule has 1 N–H and O–H groups in total. The summed E-state index contributed by atoms with van der Waals surface area (Å²) >= 11 is 0. The molecular weight excluding hydrogens is 324 g/mol. The average Bonchev–Trinajstić information content (AvgIpc) is 3.05. The highest BCUT2D eigenvalue weighted by Crippen LogP contribution is 2.32. The summed E-state index contributed by atoms with van der Waals surface area (Å²) in [4.78, 5) is 12.7. The molecule has 1 aliphatic rings. The van der Waals surface area contributed by atoms with E-state index >= 15 is 0 Å². The predicted octanol–water partition coefficient (Wildman–Crippen LogP) is 3.93. The van der Waals surface area contributed by atoms with E-state index in [1.807, 2.05) is 18.7 Å². The van der Waals surface area contributed by atoms with Crippen molar-refractivity contribution in [3.05, 3.63) is 40.0 Å². The summed E-state index contributed by atoms with van der Waals surface area (Å²) in [6.45, 7) is 8.96. The van der Waals surface area contributed by atoms with Crippen LogP contribution in [0.3, 0.4) is 0 Å². The number of rotatable bonds is 5. The molecule has 3 rings (SSSR count). The van der Waals surface area contributed by atoms with E-state index in [0.29, 0.717) is 12.6 Å². The molecule has 5 heteroatoms. The minimum atomic E-state index is 0.0411. The normalized spacial score (nSPS) is 15.4. The van der Waals surface area contributed by atoms with Crippen LogP contribution in [-0.4, -0.2) is 26.8 Å². The molecule has 0 radical (unpaired) electrons. The smallest absolute Gasteiger partial charge is 0.253 e. The average molecular weight is 357 g/mol. The van der Waals surface area contributed by atoms with E-state index in [4.69, 9.17) is 0 Å². The van der Waals surface area contributed by atoms with Crippen LogP contribution in [0.15, 0.2) is 6.07 Å². The van der Waals surface area contributed by atoms with Crippen molar-refractivity contribution in [2.24, 2.45) is 7.05 Å². The summed E-state index contributed by atoms with van der Waals surface area (Å²) in [5, 5.41) is 7.55. The van der Waals surface area contributed by atoms with Gasteiger partial charge in [0.1, 0.15) is 0 Å². The van der Waals surface area contributed by atoms with Crippen LogP contribution in [-0.2, 0) is 13.5 Å². The molecule has 1 fully saturated rings. The van der Waals surface area contributed by atoms with Gasteiger partial charge >= 0.3 is 0 Å². The number of carbonyl (C=O) groups excluding carboxylic acids is 1. The number of carbonyl (C=O) groups is 1. The van der Waals surface area contributed by atoms with Crippen LogP contribution >= 0.6 is 0 Å². The van der Waals surface area contributed by atoms with Crippen molar-refractivity contribution in [1.29, 1.82) is 0 Å². The molecule has 0 aromatic carbocycles. The van der Waals surface area contributed by atoms with Crippen LogP contribution in [0.5, 0.6) is 0 Å². The first-order valence-corrected chi connectivity index (χ1v) is 9.85. The first-order valence-electron chi connectivity index (χ1n) is 9.85. The van der Waals surface area contributed by atoms with Crippen molar-refractivity contribution in [2.75, 3.05) is 6.54 Å². The molecule has 142 valence electrons. The Morgan fingerprint density at radius 2 is 1.85 bits per heavy atom. The zero-order valence-electron chi connectivity index (χ0n) is 16.9. The van der Waals surface area contributed by atoms with Crippen molar-refractivity contribution in [2.45, 2.75) is 72.3 Å². The third-order valence-corrected chi connectivity index (χ3v) is 5.99. The van der Waals surface area contributed by atoms with Crippen molar-refractivity contribution in [3.8, 4) is 0 Å². The zero-order valence-corrected chi connectivity index (χ0v) is 16.9. The minimum Gasteiger partial charge on any atom is -0.352 e. The van der Waals surface area contributed by atoms with Gasteiger partial charge in [0.2, 0.25) is 0 Å². The largest absolute Gasteiger partial charge is 0.352 e. The molecule has 0 bridgehead atoms. The van der Waals surface area contributed by atoms with Crippen LogP contribution in [0.2, 0.25) is 0 Å². The van der Waals surface area contributed by atoms with Crippen LogP contribution in [0.25, 0.3) is 0 Å². The minimum absolute atomic E-state index is 0.0411. The Bertz CT molecular complexity index is 794. The van der Waals surface area contributed by atoms with Gasteiger partial charge < -0.3 is 9.88 Å². The zero-order chi connectivity index (χ0) is 18.8. The van der Waals surface area contributed by atoms with E-state index < -0.39 is 0 Å². The molecule has 1 saturated carbocycles. The maximum Gasteiger partial charge on any atom is 0.253 e. The highest BCUT2D eigenvalue weighted by Gasteiger charge is 2.22. The second kappa shape index (κ2) is 7.68. The van der Waals surface area contributed by atoms with Crippen molar-refractivity contribution >= 4 is 5.91 Å². The molecule has 26 heavy (non-hydrogen) atoms. The Kier molecular flexibility index (Phi) is 5.54. The third-order valence-electron chi connectivity index (χ3n) is 5.99. The van der Waals surface area contributed by atoms with Gasteiger partial charge in [0.15, 0.2) is 0 Å². The summed E-state index contributed by atoms with van der Waals surface area (Å²) in [7, 11) is 1.96. The molecule has 0 spiro atoms. The molecule has 1 aliphatic carbocycles. The van der Waals surface area contributed by atoms with Crippen LogP contribution < -0.4 is 5.32 Å². The van der Waals surface area contributed by atoms with E-state index in [0.717, 1.165) is 23.4 Å². The fraction of sp³-hybridized carbons (Fsp3) is 0.619. The number of amides is 1. The molecule has 0 saturated heterocycles. The highest BCUT2D eigenvalue weighted by molar-refractivity contribution is 5.95. The van der Waals surface area contributed by atoms with E-state index in [2.05, 4.69) is 41.8 Å². The number of aryl methyl sites for hydroxylation is 3. The van der Waals surface area contributed by atoms with Gasteiger partial charge in [0.25, 0.3) is 5.91 Å². The van der Waals surface area contributed by atoms with Gasteiger partial charge in [0, 0.05) is 36.7 Å². The van der Waals surface area contributed by atoms with Gasteiger partial charge in [-0.1, -0.05) is 19.3 Å².